The molecule has 6 heteroatoms. The minimum Gasteiger partial charge on any atom is -0.380 e. The van der Waals surface area contributed by atoms with Crippen molar-refractivity contribution < 1.29 is 19.5 Å². The smallest absolute Gasteiger partial charge is 0.221 e. The number of benzene rings is 2. The maximum Gasteiger partial charge on any atom is 0.221 e. The van der Waals surface area contributed by atoms with Crippen molar-refractivity contribution in [2.75, 3.05) is 10.6 Å². The highest BCUT2D eigenvalue weighted by Gasteiger charge is 2.19. The fourth-order valence-corrected chi connectivity index (χ4v) is 2.18. The molecule has 0 heterocycles. The van der Waals surface area contributed by atoms with Gasteiger partial charge in [-0.15, -0.1) is 0 Å². The third-order valence-corrected chi connectivity index (χ3v) is 3.28. The molecule has 0 saturated heterocycles. The van der Waals surface area contributed by atoms with Crippen LogP contribution in [0.4, 0.5) is 11.4 Å². The number of anilines is 2. The Morgan fingerprint density at radius 1 is 0.792 bits per heavy atom. The first-order chi connectivity index (χ1) is 11.4. The van der Waals surface area contributed by atoms with Crippen LogP contribution in [0, 0.1) is 0 Å². The van der Waals surface area contributed by atoms with Gasteiger partial charge in [0.25, 0.3) is 0 Å². The van der Waals surface area contributed by atoms with Crippen molar-refractivity contribution in [3.05, 3.63) is 59.7 Å². The van der Waals surface area contributed by atoms with Crippen molar-refractivity contribution >= 4 is 29.0 Å². The van der Waals surface area contributed by atoms with Gasteiger partial charge in [-0.25, -0.2) is 0 Å². The van der Waals surface area contributed by atoms with Gasteiger partial charge in [0.1, 0.15) is 6.10 Å². The zero-order valence-corrected chi connectivity index (χ0v) is 13.4. The second-order valence-corrected chi connectivity index (χ2v) is 5.33. The molecule has 2 aromatic carbocycles. The Balaban J connectivity index is 2.11. The lowest BCUT2D eigenvalue weighted by atomic mass is 9.99. The third kappa shape index (κ3) is 4.50. The fraction of sp³-hybridized carbons (Fsp3) is 0.167. The molecule has 0 aliphatic heterocycles. The fourth-order valence-electron chi connectivity index (χ4n) is 2.18. The van der Waals surface area contributed by atoms with Crippen LogP contribution in [0.5, 0.6) is 0 Å². The SMILES string of the molecule is CC(=O)Nc1ccc(C(=O)C(O)c2ccc(NC(C)=O)cc2)cc1. The van der Waals surface area contributed by atoms with Gasteiger partial charge < -0.3 is 15.7 Å². The molecule has 0 aromatic heterocycles. The van der Waals surface area contributed by atoms with Crippen LogP contribution < -0.4 is 10.6 Å². The van der Waals surface area contributed by atoms with Gasteiger partial charge in [-0.1, -0.05) is 12.1 Å². The van der Waals surface area contributed by atoms with Crippen molar-refractivity contribution in [1.82, 2.24) is 0 Å². The molecule has 0 bridgehead atoms. The molecule has 6 nitrogen and oxygen atoms in total. The monoisotopic (exact) mass is 326 g/mol. The summed E-state index contributed by atoms with van der Waals surface area (Å²) in [5, 5.41) is 15.4. The Bertz CT molecular complexity index is 752. The van der Waals surface area contributed by atoms with Crippen molar-refractivity contribution in [1.29, 1.82) is 0 Å². The summed E-state index contributed by atoms with van der Waals surface area (Å²) in [6, 6.07) is 12.7. The van der Waals surface area contributed by atoms with E-state index in [1.54, 1.807) is 48.5 Å². The standard InChI is InChI=1S/C18H18N2O4/c1-11(21)19-15-7-3-13(4-8-15)17(23)18(24)14-5-9-16(10-6-14)20-12(2)22/h3-10,17,23H,1-2H3,(H,19,21)(H,20,22). The Labute approximate surface area is 139 Å². The minimum absolute atomic E-state index is 0.196. The number of carbonyl (C=O) groups is 3. The van der Waals surface area contributed by atoms with E-state index in [0.29, 0.717) is 22.5 Å². The summed E-state index contributed by atoms with van der Waals surface area (Å²) in [5.41, 5.74) is 1.93. The Hall–Kier alpha value is -2.99. The molecule has 0 radical (unpaired) electrons. The van der Waals surface area contributed by atoms with Crippen LogP contribution in [0.2, 0.25) is 0 Å². The summed E-state index contributed by atoms with van der Waals surface area (Å²) in [7, 11) is 0. The van der Waals surface area contributed by atoms with Crippen LogP contribution in [0.3, 0.4) is 0 Å². The van der Waals surface area contributed by atoms with Crippen LogP contribution in [0.15, 0.2) is 48.5 Å². The number of aliphatic hydroxyl groups is 1. The van der Waals surface area contributed by atoms with Crippen LogP contribution in [-0.4, -0.2) is 22.7 Å². The molecule has 2 aromatic rings. The highest BCUT2D eigenvalue weighted by Crippen LogP contribution is 2.21. The van der Waals surface area contributed by atoms with E-state index in [4.69, 9.17) is 0 Å². The molecule has 1 unspecified atom stereocenters. The quantitative estimate of drug-likeness (QED) is 0.736. The van der Waals surface area contributed by atoms with Gasteiger partial charge in [-0.3, -0.25) is 14.4 Å². The van der Waals surface area contributed by atoms with E-state index in [1.165, 1.54) is 13.8 Å². The molecule has 2 amide bonds. The molecule has 3 N–H and O–H groups in total. The molecule has 0 saturated carbocycles. The van der Waals surface area contributed by atoms with Crippen molar-refractivity contribution in [2.45, 2.75) is 20.0 Å². The lowest BCUT2D eigenvalue weighted by molar-refractivity contribution is -0.115. The highest BCUT2D eigenvalue weighted by atomic mass is 16.3. The van der Waals surface area contributed by atoms with E-state index in [9.17, 15) is 19.5 Å². The number of rotatable bonds is 5. The van der Waals surface area contributed by atoms with E-state index < -0.39 is 11.9 Å². The zero-order valence-electron chi connectivity index (χ0n) is 13.4. The number of carbonyl (C=O) groups excluding carboxylic acids is 3. The van der Waals surface area contributed by atoms with Gasteiger partial charge in [0.2, 0.25) is 11.8 Å². The molecule has 1 atom stereocenters. The molecule has 124 valence electrons. The van der Waals surface area contributed by atoms with Crippen LogP contribution in [0.25, 0.3) is 0 Å². The van der Waals surface area contributed by atoms with Gasteiger partial charge >= 0.3 is 0 Å². The van der Waals surface area contributed by atoms with Gasteiger partial charge in [0, 0.05) is 30.8 Å². The molecule has 0 fully saturated rings. The molecule has 24 heavy (non-hydrogen) atoms. The highest BCUT2D eigenvalue weighted by molar-refractivity contribution is 6.00. The van der Waals surface area contributed by atoms with Crippen molar-refractivity contribution in [2.24, 2.45) is 0 Å². The van der Waals surface area contributed by atoms with E-state index in [2.05, 4.69) is 10.6 Å². The predicted molar refractivity (Wildman–Crippen MR) is 90.8 cm³/mol. The summed E-state index contributed by atoms with van der Waals surface area (Å²) >= 11 is 0. The first-order valence-corrected chi connectivity index (χ1v) is 7.34. The first kappa shape index (κ1) is 17.4. The Kier molecular flexibility index (Phi) is 5.44. The van der Waals surface area contributed by atoms with E-state index >= 15 is 0 Å². The number of nitrogens with one attached hydrogen (secondary N) is 2. The van der Waals surface area contributed by atoms with E-state index in [1.807, 2.05) is 0 Å². The van der Waals surface area contributed by atoms with Crippen LogP contribution in [-0.2, 0) is 9.59 Å². The minimum atomic E-state index is -1.30. The van der Waals surface area contributed by atoms with Gasteiger partial charge in [-0.05, 0) is 42.0 Å². The average molecular weight is 326 g/mol. The Morgan fingerprint density at radius 2 is 1.21 bits per heavy atom. The van der Waals surface area contributed by atoms with Gasteiger partial charge in [0.15, 0.2) is 5.78 Å². The second kappa shape index (κ2) is 7.52. The normalized spacial score (nSPS) is 11.5. The maximum absolute atomic E-state index is 12.3. The molecule has 0 aliphatic carbocycles. The molecule has 2 rings (SSSR count). The number of ketones is 1. The second-order valence-electron chi connectivity index (χ2n) is 5.33. The predicted octanol–water partition coefficient (Wildman–Crippen LogP) is 2.52. The van der Waals surface area contributed by atoms with E-state index in [-0.39, 0.29) is 11.8 Å². The Morgan fingerprint density at radius 3 is 1.62 bits per heavy atom. The third-order valence-electron chi connectivity index (χ3n) is 3.28. The summed E-state index contributed by atoms with van der Waals surface area (Å²) < 4.78 is 0. The number of amides is 2. The molecule has 0 spiro atoms. The lowest BCUT2D eigenvalue weighted by Gasteiger charge is -2.11. The average Bonchev–Trinajstić information content (AvgIpc) is 2.54. The number of aliphatic hydroxyl groups excluding tert-OH is 1. The number of Topliss-reactive ketones (excluding diaryl/α,β-unsaturated/α-hetero) is 1. The first-order valence-electron chi connectivity index (χ1n) is 7.34. The maximum atomic E-state index is 12.3. The van der Waals surface area contributed by atoms with Gasteiger partial charge in [-0.2, -0.15) is 0 Å². The number of hydrogen-bond acceptors (Lipinski definition) is 4. The molecular weight excluding hydrogens is 308 g/mol. The van der Waals surface area contributed by atoms with Crippen molar-refractivity contribution in [3.63, 3.8) is 0 Å². The summed E-state index contributed by atoms with van der Waals surface area (Å²) in [6.45, 7) is 2.80. The number of hydrogen-bond donors (Lipinski definition) is 3. The van der Waals surface area contributed by atoms with E-state index in [0.717, 1.165) is 0 Å². The van der Waals surface area contributed by atoms with Gasteiger partial charge in [0.05, 0.1) is 0 Å². The summed E-state index contributed by atoms with van der Waals surface area (Å²) in [5.74, 6) is -0.844. The summed E-state index contributed by atoms with van der Waals surface area (Å²) in [6.07, 6.45) is -1.30. The topological polar surface area (TPSA) is 95.5 Å². The molecule has 0 aliphatic rings. The molecular formula is C18H18N2O4. The zero-order chi connectivity index (χ0) is 17.7. The van der Waals surface area contributed by atoms with Crippen molar-refractivity contribution in [3.8, 4) is 0 Å². The van der Waals surface area contributed by atoms with Crippen LogP contribution >= 0.6 is 0 Å². The lowest BCUT2D eigenvalue weighted by Crippen LogP contribution is -2.13. The summed E-state index contributed by atoms with van der Waals surface area (Å²) in [4.78, 5) is 34.3. The van der Waals surface area contributed by atoms with Crippen LogP contribution in [0.1, 0.15) is 35.9 Å². The largest absolute Gasteiger partial charge is 0.380 e.